The average Bonchev–Trinajstić information content (AvgIpc) is 3.20. The maximum Gasteiger partial charge on any atom is 0.240 e. The number of likely N-dealkylation sites (tertiary alicyclic amines) is 1. The summed E-state index contributed by atoms with van der Waals surface area (Å²) in [6.07, 6.45) is 1.45. The molecule has 2 saturated heterocycles. The second-order valence-electron chi connectivity index (χ2n) is 7.11. The smallest absolute Gasteiger partial charge is 0.240 e. The van der Waals surface area contributed by atoms with Crippen LogP contribution in [-0.2, 0) is 24.5 Å². The molecule has 7 nitrogen and oxygen atoms in total. The Morgan fingerprint density at radius 2 is 1.77 bits per heavy atom. The van der Waals surface area contributed by atoms with E-state index in [2.05, 4.69) is 0 Å². The largest absolute Gasteiger partial charge is 0.493 e. The van der Waals surface area contributed by atoms with Gasteiger partial charge in [-0.05, 0) is 24.1 Å². The highest BCUT2D eigenvalue weighted by molar-refractivity contribution is 6.10. The molecule has 1 saturated carbocycles. The lowest BCUT2D eigenvalue weighted by molar-refractivity contribution is -0.196. The van der Waals surface area contributed by atoms with Crippen LogP contribution in [0.2, 0.25) is 0 Å². The van der Waals surface area contributed by atoms with E-state index in [0.717, 1.165) is 5.56 Å². The SMILES string of the molecule is COc1ccc(C23CCC4(CC2C(=O)N(C)C3=O)OCCO4)cc1OC. The summed E-state index contributed by atoms with van der Waals surface area (Å²) in [5, 5.41) is 0. The second-order valence-corrected chi connectivity index (χ2v) is 7.11. The van der Waals surface area contributed by atoms with E-state index >= 15 is 0 Å². The van der Waals surface area contributed by atoms with Gasteiger partial charge >= 0.3 is 0 Å². The summed E-state index contributed by atoms with van der Waals surface area (Å²) in [7, 11) is 4.67. The first kappa shape index (κ1) is 17.3. The van der Waals surface area contributed by atoms with E-state index in [-0.39, 0.29) is 11.8 Å². The maximum absolute atomic E-state index is 13.2. The molecule has 1 aliphatic carbocycles. The minimum Gasteiger partial charge on any atom is -0.493 e. The van der Waals surface area contributed by atoms with Crippen LogP contribution in [0.1, 0.15) is 24.8 Å². The Balaban J connectivity index is 1.81. The minimum absolute atomic E-state index is 0.174. The molecular weight excluding hydrogens is 338 g/mol. The number of amides is 2. The zero-order valence-electron chi connectivity index (χ0n) is 15.2. The summed E-state index contributed by atoms with van der Waals surface area (Å²) in [6.45, 7) is 1.04. The van der Waals surface area contributed by atoms with Crippen LogP contribution in [0.25, 0.3) is 0 Å². The van der Waals surface area contributed by atoms with Crippen LogP contribution >= 0.6 is 0 Å². The Hall–Kier alpha value is -2.12. The van der Waals surface area contributed by atoms with Gasteiger partial charge in [-0.2, -0.15) is 0 Å². The fourth-order valence-electron chi connectivity index (χ4n) is 4.68. The molecule has 26 heavy (non-hydrogen) atoms. The first-order chi connectivity index (χ1) is 12.5. The van der Waals surface area contributed by atoms with Crippen LogP contribution in [0.3, 0.4) is 0 Å². The molecule has 2 atom stereocenters. The number of hydrogen-bond donors (Lipinski definition) is 0. The predicted molar refractivity (Wildman–Crippen MR) is 91.0 cm³/mol. The lowest BCUT2D eigenvalue weighted by Crippen LogP contribution is -2.50. The van der Waals surface area contributed by atoms with Crippen molar-refractivity contribution < 1.29 is 28.5 Å². The summed E-state index contributed by atoms with van der Waals surface area (Å²) in [5.74, 6) is -0.475. The van der Waals surface area contributed by atoms with Gasteiger partial charge in [0.1, 0.15) is 0 Å². The third-order valence-electron chi connectivity index (χ3n) is 6.04. The first-order valence-corrected chi connectivity index (χ1v) is 8.80. The second kappa shape index (κ2) is 5.96. The number of rotatable bonds is 3. The number of hydrogen-bond acceptors (Lipinski definition) is 6. The number of carbonyl (C=O) groups is 2. The van der Waals surface area contributed by atoms with Crippen molar-refractivity contribution in [3.63, 3.8) is 0 Å². The summed E-state index contributed by atoms with van der Waals surface area (Å²) in [6, 6.07) is 5.45. The van der Waals surface area contributed by atoms with Crippen LogP contribution in [0.4, 0.5) is 0 Å². The summed E-state index contributed by atoms with van der Waals surface area (Å²) in [5.41, 5.74) is -0.137. The first-order valence-electron chi connectivity index (χ1n) is 8.80. The Labute approximate surface area is 152 Å². The van der Waals surface area contributed by atoms with Crippen LogP contribution in [0.5, 0.6) is 11.5 Å². The van der Waals surface area contributed by atoms with Gasteiger partial charge in [-0.15, -0.1) is 0 Å². The number of ether oxygens (including phenoxy) is 4. The van der Waals surface area contributed by atoms with Gasteiger partial charge in [-0.3, -0.25) is 14.5 Å². The standard InChI is InChI=1S/C19H23NO6/c1-20-16(21)13-11-18(25-8-9-26-18)6-7-19(13,17(20)22)12-4-5-14(23-2)15(10-12)24-3/h4-5,10,13H,6-9,11H2,1-3H3. The molecule has 2 heterocycles. The summed E-state index contributed by atoms with van der Waals surface area (Å²) >= 11 is 0. The van der Waals surface area contributed by atoms with E-state index in [9.17, 15) is 9.59 Å². The molecule has 1 aromatic carbocycles. The zero-order valence-corrected chi connectivity index (χ0v) is 15.2. The van der Waals surface area contributed by atoms with Gasteiger partial charge in [0, 0.05) is 19.9 Å². The summed E-state index contributed by atoms with van der Waals surface area (Å²) in [4.78, 5) is 27.3. The molecule has 0 aromatic heterocycles. The van der Waals surface area contributed by atoms with Crippen LogP contribution in [0.15, 0.2) is 18.2 Å². The monoisotopic (exact) mass is 361 g/mol. The van der Waals surface area contributed by atoms with Gasteiger partial charge in [0.25, 0.3) is 0 Å². The van der Waals surface area contributed by atoms with Crippen molar-refractivity contribution in [3.8, 4) is 11.5 Å². The maximum atomic E-state index is 13.2. The molecule has 3 fully saturated rings. The van der Waals surface area contributed by atoms with Crippen molar-refractivity contribution in [2.75, 3.05) is 34.5 Å². The lowest BCUT2D eigenvalue weighted by atomic mass is 9.62. The van der Waals surface area contributed by atoms with Gasteiger partial charge in [0.05, 0.1) is 38.8 Å². The molecule has 2 amide bonds. The highest BCUT2D eigenvalue weighted by Gasteiger charge is 2.64. The molecule has 0 radical (unpaired) electrons. The van der Waals surface area contributed by atoms with E-state index < -0.39 is 17.1 Å². The van der Waals surface area contributed by atoms with Crippen LogP contribution in [0, 0.1) is 5.92 Å². The van der Waals surface area contributed by atoms with Gasteiger partial charge < -0.3 is 18.9 Å². The molecule has 0 bridgehead atoms. The average molecular weight is 361 g/mol. The van der Waals surface area contributed by atoms with E-state index in [1.54, 1.807) is 27.3 Å². The van der Waals surface area contributed by atoms with E-state index in [1.807, 2.05) is 12.1 Å². The number of benzene rings is 1. The van der Waals surface area contributed by atoms with Crippen molar-refractivity contribution in [2.24, 2.45) is 5.92 Å². The predicted octanol–water partition coefficient (Wildman–Crippen LogP) is 1.48. The number of imide groups is 1. The Kier molecular flexibility index (Phi) is 3.96. The lowest BCUT2D eigenvalue weighted by Gasteiger charge is -2.43. The number of nitrogens with zero attached hydrogens (tertiary/aromatic N) is 1. The number of fused-ring (bicyclic) bond motifs is 1. The van der Waals surface area contributed by atoms with Crippen molar-refractivity contribution in [3.05, 3.63) is 23.8 Å². The van der Waals surface area contributed by atoms with Gasteiger partial charge in [0.2, 0.25) is 11.8 Å². The van der Waals surface area contributed by atoms with Crippen molar-refractivity contribution >= 4 is 11.8 Å². The Bertz CT molecular complexity index is 756. The van der Waals surface area contributed by atoms with Crippen molar-refractivity contribution in [1.82, 2.24) is 4.90 Å². The highest BCUT2D eigenvalue weighted by Crippen LogP contribution is 2.55. The minimum atomic E-state index is -0.911. The molecule has 4 rings (SSSR count). The van der Waals surface area contributed by atoms with Crippen LogP contribution < -0.4 is 9.47 Å². The Morgan fingerprint density at radius 3 is 2.42 bits per heavy atom. The van der Waals surface area contributed by atoms with Crippen molar-refractivity contribution in [2.45, 2.75) is 30.5 Å². The third-order valence-corrected chi connectivity index (χ3v) is 6.04. The molecule has 1 spiro atoms. The number of methoxy groups -OCH3 is 2. The molecular formula is C19H23NO6. The van der Waals surface area contributed by atoms with Gasteiger partial charge in [-0.25, -0.2) is 0 Å². The fraction of sp³-hybridized carbons (Fsp3) is 0.579. The topological polar surface area (TPSA) is 74.3 Å². The summed E-state index contributed by atoms with van der Waals surface area (Å²) < 4.78 is 22.4. The third kappa shape index (κ3) is 2.20. The van der Waals surface area contributed by atoms with Gasteiger partial charge in [0.15, 0.2) is 17.3 Å². The van der Waals surface area contributed by atoms with Crippen LogP contribution in [-0.4, -0.2) is 57.0 Å². The fourth-order valence-corrected chi connectivity index (χ4v) is 4.68. The molecule has 3 aliphatic rings. The number of likely N-dealkylation sites (N-methyl/N-ethyl adjacent to an activating group) is 1. The quantitative estimate of drug-likeness (QED) is 0.760. The molecule has 0 N–H and O–H groups in total. The molecule has 2 aliphatic heterocycles. The van der Waals surface area contributed by atoms with Crippen molar-refractivity contribution in [1.29, 1.82) is 0 Å². The molecule has 2 unspecified atom stereocenters. The molecule has 1 aromatic rings. The number of carbonyl (C=O) groups excluding carboxylic acids is 2. The highest BCUT2D eigenvalue weighted by atomic mass is 16.7. The molecule has 7 heteroatoms. The van der Waals surface area contributed by atoms with E-state index in [0.29, 0.717) is 44.0 Å². The van der Waals surface area contributed by atoms with Gasteiger partial charge in [-0.1, -0.05) is 6.07 Å². The normalized spacial score (nSPS) is 30.0. The molecule has 140 valence electrons. The van der Waals surface area contributed by atoms with E-state index in [4.69, 9.17) is 18.9 Å². The zero-order chi connectivity index (χ0) is 18.5. The Morgan fingerprint density at radius 1 is 1.08 bits per heavy atom. The van der Waals surface area contributed by atoms with E-state index in [1.165, 1.54) is 4.90 Å².